The maximum absolute atomic E-state index is 12.5. The Kier molecular flexibility index (Phi) is 7.54. The van der Waals surface area contributed by atoms with Gasteiger partial charge in [-0.2, -0.15) is 0 Å². The molecule has 0 aromatic heterocycles. The van der Waals surface area contributed by atoms with Gasteiger partial charge in [-0.15, -0.1) is 0 Å². The fourth-order valence-electron chi connectivity index (χ4n) is 2.78. The Labute approximate surface area is 184 Å². The predicted octanol–water partition coefficient (Wildman–Crippen LogP) is 5.31. The van der Waals surface area contributed by atoms with Crippen molar-refractivity contribution in [3.05, 3.63) is 64.8 Å². The van der Waals surface area contributed by atoms with Crippen LogP contribution in [0.2, 0.25) is 5.02 Å². The molecule has 30 heavy (non-hydrogen) atoms. The number of amides is 1. The molecule has 156 valence electrons. The smallest absolute Gasteiger partial charge is 0.311 e. The van der Waals surface area contributed by atoms with Crippen molar-refractivity contribution in [3.63, 3.8) is 0 Å². The van der Waals surface area contributed by atoms with E-state index in [1.54, 1.807) is 25.1 Å². The maximum Gasteiger partial charge on any atom is 0.311 e. The van der Waals surface area contributed by atoms with Crippen LogP contribution in [0.1, 0.15) is 18.9 Å². The molecule has 1 aliphatic rings. The average molecular weight is 444 g/mol. The summed E-state index contributed by atoms with van der Waals surface area (Å²) in [5.74, 6) is -0.330. The number of esters is 1. The number of nitrogens with zero attached hydrogens (tertiary/aromatic N) is 1. The molecule has 0 bridgehead atoms. The molecule has 0 saturated carbocycles. The minimum atomic E-state index is -0.325. The summed E-state index contributed by atoms with van der Waals surface area (Å²) in [4.78, 5) is 29.0. The van der Waals surface area contributed by atoms with Gasteiger partial charge in [-0.3, -0.25) is 9.59 Å². The quantitative estimate of drug-likeness (QED) is 0.591. The lowest BCUT2D eigenvalue weighted by Crippen LogP contribution is -2.16. The predicted molar refractivity (Wildman–Crippen MR) is 124 cm³/mol. The number of hydrogen-bond acceptors (Lipinski definition) is 6. The molecule has 6 nitrogen and oxygen atoms in total. The summed E-state index contributed by atoms with van der Waals surface area (Å²) in [6, 6.07) is 12.9. The van der Waals surface area contributed by atoms with Crippen LogP contribution in [0.15, 0.2) is 59.2 Å². The minimum Gasteiger partial charge on any atom is -0.466 e. The molecule has 1 amide bonds. The van der Waals surface area contributed by atoms with Gasteiger partial charge >= 0.3 is 5.97 Å². The lowest BCUT2D eigenvalue weighted by atomic mass is 10.2. The summed E-state index contributed by atoms with van der Waals surface area (Å²) >= 11 is 7.31. The highest BCUT2D eigenvalue weighted by atomic mass is 35.5. The lowest BCUT2D eigenvalue weighted by molar-refractivity contribution is -0.142. The highest BCUT2D eigenvalue weighted by Gasteiger charge is 2.16. The van der Waals surface area contributed by atoms with Crippen molar-refractivity contribution >= 4 is 57.3 Å². The molecule has 1 heterocycles. The fraction of sp³-hybridized carbons (Fsp3) is 0.227. The molecule has 0 fully saturated rings. The Bertz CT molecular complexity index is 1020. The van der Waals surface area contributed by atoms with Crippen LogP contribution in [0.4, 0.5) is 17.1 Å². The Hall–Kier alpha value is -2.77. The first-order valence-corrected chi connectivity index (χ1v) is 10.8. The van der Waals surface area contributed by atoms with Crippen LogP contribution in [0.5, 0.6) is 0 Å². The number of fused-ring (bicyclic) bond motifs is 1. The third-order valence-corrected chi connectivity index (χ3v) is 5.34. The number of anilines is 2. The van der Waals surface area contributed by atoms with Crippen molar-refractivity contribution in [1.29, 1.82) is 0 Å². The molecule has 2 aromatic rings. The zero-order valence-corrected chi connectivity index (χ0v) is 18.3. The second-order valence-electron chi connectivity index (χ2n) is 6.54. The monoisotopic (exact) mass is 443 g/mol. The molecule has 0 radical (unpaired) electrons. The molecule has 8 heteroatoms. The number of aliphatic imine (C=N–C) groups is 1. The Morgan fingerprint density at radius 2 is 2.03 bits per heavy atom. The number of carbonyl (C=O) groups is 2. The first-order chi connectivity index (χ1) is 14.4. The highest BCUT2D eigenvalue weighted by molar-refractivity contribution is 8.14. The molecule has 2 N–H and O–H groups in total. The summed E-state index contributed by atoms with van der Waals surface area (Å²) in [7, 11) is 0. The number of aryl methyl sites for hydroxylation is 1. The largest absolute Gasteiger partial charge is 0.466 e. The van der Waals surface area contributed by atoms with E-state index < -0.39 is 0 Å². The van der Waals surface area contributed by atoms with E-state index in [-0.39, 0.29) is 24.1 Å². The third kappa shape index (κ3) is 6.11. The van der Waals surface area contributed by atoms with Crippen LogP contribution >= 0.6 is 23.4 Å². The molecule has 0 atom stereocenters. The van der Waals surface area contributed by atoms with Gasteiger partial charge in [-0.1, -0.05) is 41.6 Å². The number of rotatable bonds is 6. The van der Waals surface area contributed by atoms with Crippen molar-refractivity contribution in [1.82, 2.24) is 0 Å². The molecule has 0 aliphatic carbocycles. The minimum absolute atomic E-state index is 0.0929. The second kappa shape index (κ2) is 10.3. The van der Waals surface area contributed by atoms with Crippen molar-refractivity contribution in [2.45, 2.75) is 20.3 Å². The average Bonchev–Trinajstić information content (AvgIpc) is 2.88. The molecule has 1 aliphatic heterocycles. The summed E-state index contributed by atoms with van der Waals surface area (Å²) in [6.07, 6.45) is 1.87. The van der Waals surface area contributed by atoms with Crippen LogP contribution in [-0.2, 0) is 14.3 Å². The first kappa shape index (κ1) is 21.9. The summed E-state index contributed by atoms with van der Waals surface area (Å²) in [5, 5.41) is 7.30. The molecule has 0 spiro atoms. The van der Waals surface area contributed by atoms with Crippen molar-refractivity contribution in [2.75, 3.05) is 23.0 Å². The molecular weight excluding hydrogens is 422 g/mol. The van der Waals surface area contributed by atoms with E-state index in [1.165, 1.54) is 11.8 Å². The topological polar surface area (TPSA) is 79.8 Å². The molecule has 3 rings (SSSR count). The zero-order valence-electron chi connectivity index (χ0n) is 16.7. The van der Waals surface area contributed by atoms with Crippen LogP contribution in [0.3, 0.4) is 0 Å². The SMILES string of the molecule is CCOC(=O)CC1=CC(SCC(=O)Nc2cc(Cl)ccc2C)=Nc2ccccc2N1. The van der Waals surface area contributed by atoms with Crippen LogP contribution in [0.25, 0.3) is 0 Å². The highest BCUT2D eigenvalue weighted by Crippen LogP contribution is 2.31. The first-order valence-electron chi connectivity index (χ1n) is 9.44. The standard InChI is InChI=1S/C22H22ClN3O3S/c1-3-29-22(28)12-16-11-21(26-18-7-5-4-6-17(18)24-16)30-13-20(27)25-19-10-15(23)9-8-14(19)2/h4-11,24H,3,12-13H2,1-2H3,(H,25,27). The van der Waals surface area contributed by atoms with E-state index in [2.05, 4.69) is 15.6 Å². The van der Waals surface area contributed by atoms with Crippen molar-refractivity contribution < 1.29 is 14.3 Å². The zero-order chi connectivity index (χ0) is 21.5. The fourth-order valence-corrected chi connectivity index (χ4v) is 3.69. The van der Waals surface area contributed by atoms with Gasteiger partial charge in [0.15, 0.2) is 0 Å². The van der Waals surface area contributed by atoms with Gasteiger partial charge in [-0.05, 0) is 49.8 Å². The van der Waals surface area contributed by atoms with E-state index in [0.717, 1.165) is 16.9 Å². The van der Waals surface area contributed by atoms with Gasteiger partial charge in [0.05, 0.1) is 35.2 Å². The lowest BCUT2D eigenvalue weighted by Gasteiger charge is -2.10. The number of carbonyl (C=O) groups excluding carboxylic acids is 2. The molecule has 0 saturated heterocycles. The van der Waals surface area contributed by atoms with Gasteiger partial charge in [0, 0.05) is 16.4 Å². The molecule has 2 aromatic carbocycles. The van der Waals surface area contributed by atoms with Crippen LogP contribution < -0.4 is 10.6 Å². The number of nitrogens with one attached hydrogen (secondary N) is 2. The molecule has 0 unspecified atom stereocenters. The van der Waals surface area contributed by atoms with Gasteiger partial charge in [0.1, 0.15) is 0 Å². The van der Waals surface area contributed by atoms with E-state index >= 15 is 0 Å². The number of thioether (sulfide) groups is 1. The van der Waals surface area contributed by atoms with E-state index in [9.17, 15) is 9.59 Å². The van der Waals surface area contributed by atoms with E-state index in [0.29, 0.717) is 28.1 Å². The Balaban J connectivity index is 1.73. The Morgan fingerprint density at radius 1 is 1.23 bits per heavy atom. The summed E-state index contributed by atoms with van der Waals surface area (Å²) in [5.41, 5.74) is 3.81. The van der Waals surface area contributed by atoms with E-state index in [1.807, 2.05) is 37.3 Å². The number of benzene rings is 2. The van der Waals surface area contributed by atoms with Crippen molar-refractivity contribution in [3.8, 4) is 0 Å². The maximum atomic E-state index is 12.5. The Morgan fingerprint density at radius 3 is 2.83 bits per heavy atom. The summed E-state index contributed by atoms with van der Waals surface area (Å²) < 4.78 is 5.05. The van der Waals surface area contributed by atoms with Gasteiger partial charge < -0.3 is 15.4 Å². The second-order valence-corrected chi connectivity index (χ2v) is 7.97. The molecular formula is C22H22ClN3O3S. The van der Waals surface area contributed by atoms with Gasteiger partial charge in [-0.25, -0.2) is 4.99 Å². The van der Waals surface area contributed by atoms with Gasteiger partial charge in [0.25, 0.3) is 0 Å². The van der Waals surface area contributed by atoms with Crippen LogP contribution in [-0.4, -0.2) is 29.3 Å². The normalized spacial score (nSPS) is 12.6. The number of hydrogen-bond donors (Lipinski definition) is 2. The third-order valence-electron chi connectivity index (χ3n) is 4.19. The number of halogens is 1. The van der Waals surface area contributed by atoms with Gasteiger partial charge in [0.2, 0.25) is 5.91 Å². The summed E-state index contributed by atoms with van der Waals surface area (Å²) in [6.45, 7) is 3.99. The van der Waals surface area contributed by atoms with E-state index in [4.69, 9.17) is 16.3 Å². The van der Waals surface area contributed by atoms with Crippen LogP contribution in [0, 0.1) is 6.92 Å². The number of para-hydroxylation sites is 2. The number of ether oxygens (including phenoxy) is 1. The van der Waals surface area contributed by atoms with Crippen molar-refractivity contribution in [2.24, 2.45) is 4.99 Å².